The minimum absolute atomic E-state index is 0.131. The maximum Gasteiger partial charge on any atom is 0.241 e. The van der Waals surface area contributed by atoms with Crippen molar-refractivity contribution in [2.45, 2.75) is 31.2 Å². The highest BCUT2D eigenvalue weighted by Gasteiger charge is 2.21. The van der Waals surface area contributed by atoms with Crippen LogP contribution in [0.5, 0.6) is 0 Å². The van der Waals surface area contributed by atoms with E-state index in [-0.39, 0.29) is 10.8 Å². The lowest BCUT2D eigenvalue weighted by Gasteiger charge is -2.14. The molecule has 1 unspecified atom stereocenters. The van der Waals surface area contributed by atoms with Crippen LogP contribution < -0.4 is 10.0 Å². The van der Waals surface area contributed by atoms with Gasteiger partial charge in [0.15, 0.2) is 0 Å². The lowest BCUT2D eigenvalue weighted by atomic mass is 10.2. The van der Waals surface area contributed by atoms with Gasteiger partial charge in [0.05, 0.1) is 10.9 Å². The normalized spacial score (nSPS) is 12.9. The van der Waals surface area contributed by atoms with E-state index in [2.05, 4.69) is 10.0 Å². The summed E-state index contributed by atoms with van der Waals surface area (Å²) in [6, 6.07) is 5.63. The summed E-state index contributed by atoms with van der Waals surface area (Å²) in [4.78, 5) is 11.7. The minimum Gasteiger partial charge on any atom is -0.355 e. The SMILES string of the molecule is CCNC(=O)C(C)NS(=O)(=O)c1ccc(CCCl)cc1. The van der Waals surface area contributed by atoms with Crippen LogP contribution in [0.2, 0.25) is 0 Å². The number of amides is 1. The molecule has 7 heteroatoms. The maximum atomic E-state index is 12.1. The van der Waals surface area contributed by atoms with Gasteiger partial charge in [-0.1, -0.05) is 12.1 Å². The Kier molecular flexibility index (Phi) is 6.45. The summed E-state index contributed by atoms with van der Waals surface area (Å²) in [5.74, 6) is 0.133. The van der Waals surface area contributed by atoms with Gasteiger partial charge in [-0.15, -0.1) is 11.6 Å². The summed E-state index contributed by atoms with van der Waals surface area (Å²) in [6.45, 7) is 3.73. The largest absolute Gasteiger partial charge is 0.355 e. The topological polar surface area (TPSA) is 75.3 Å². The van der Waals surface area contributed by atoms with Crippen molar-refractivity contribution in [3.8, 4) is 0 Å². The third kappa shape index (κ3) is 4.77. The van der Waals surface area contributed by atoms with E-state index in [0.29, 0.717) is 18.8 Å². The quantitative estimate of drug-likeness (QED) is 0.743. The molecule has 0 aromatic heterocycles. The first kappa shape index (κ1) is 16.9. The Balaban J connectivity index is 2.80. The molecule has 0 heterocycles. The van der Waals surface area contributed by atoms with E-state index in [1.54, 1.807) is 19.1 Å². The van der Waals surface area contributed by atoms with Gasteiger partial charge in [0.2, 0.25) is 15.9 Å². The number of hydrogen-bond acceptors (Lipinski definition) is 3. The van der Waals surface area contributed by atoms with Crippen LogP contribution in [-0.4, -0.2) is 32.8 Å². The predicted octanol–water partition coefficient (Wildman–Crippen LogP) is 1.27. The zero-order chi connectivity index (χ0) is 15.2. The molecule has 1 rings (SSSR count). The van der Waals surface area contributed by atoms with Crippen LogP contribution >= 0.6 is 11.6 Å². The number of hydrogen-bond donors (Lipinski definition) is 2. The van der Waals surface area contributed by atoms with Crippen molar-refractivity contribution < 1.29 is 13.2 Å². The van der Waals surface area contributed by atoms with Gasteiger partial charge in [0, 0.05) is 12.4 Å². The molecular formula is C13H19ClN2O3S. The Morgan fingerprint density at radius 3 is 2.40 bits per heavy atom. The lowest BCUT2D eigenvalue weighted by molar-refractivity contribution is -0.122. The number of nitrogens with one attached hydrogen (secondary N) is 2. The molecule has 0 aliphatic heterocycles. The van der Waals surface area contributed by atoms with Crippen molar-refractivity contribution in [1.82, 2.24) is 10.0 Å². The van der Waals surface area contributed by atoms with Crippen LogP contribution in [0.1, 0.15) is 19.4 Å². The van der Waals surface area contributed by atoms with Crippen LogP contribution in [0.25, 0.3) is 0 Å². The summed E-state index contributed by atoms with van der Waals surface area (Å²) >= 11 is 5.62. The molecule has 0 aliphatic rings. The number of likely N-dealkylation sites (N-methyl/N-ethyl adjacent to an activating group) is 1. The highest BCUT2D eigenvalue weighted by molar-refractivity contribution is 7.89. The molecule has 0 bridgehead atoms. The van der Waals surface area contributed by atoms with Crippen molar-refractivity contribution >= 4 is 27.5 Å². The van der Waals surface area contributed by atoms with Crippen LogP contribution in [-0.2, 0) is 21.2 Å². The molecule has 1 amide bonds. The number of aryl methyl sites for hydroxylation is 1. The van der Waals surface area contributed by atoms with E-state index in [0.717, 1.165) is 5.56 Å². The predicted molar refractivity (Wildman–Crippen MR) is 79.3 cm³/mol. The van der Waals surface area contributed by atoms with Gasteiger partial charge < -0.3 is 5.32 Å². The first-order valence-electron chi connectivity index (χ1n) is 6.35. The van der Waals surface area contributed by atoms with Gasteiger partial charge in [0.1, 0.15) is 0 Å². The molecule has 112 valence electrons. The highest BCUT2D eigenvalue weighted by Crippen LogP contribution is 2.12. The molecule has 20 heavy (non-hydrogen) atoms. The fourth-order valence-corrected chi connectivity index (χ4v) is 3.05. The summed E-state index contributed by atoms with van der Waals surface area (Å²) in [5.41, 5.74) is 0.968. The molecule has 1 aromatic carbocycles. The Morgan fingerprint density at radius 1 is 1.30 bits per heavy atom. The lowest BCUT2D eigenvalue weighted by Crippen LogP contribution is -2.44. The fourth-order valence-electron chi connectivity index (χ4n) is 1.63. The molecule has 0 saturated heterocycles. The van der Waals surface area contributed by atoms with Crippen molar-refractivity contribution in [2.75, 3.05) is 12.4 Å². The van der Waals surface area contributed by atoms with Crippen molar-refractivity contribution in [3.63, 3.8) is 0 Å². The van der Waals surface area contributed by atoms with Gasteiger partial charge in [-0.3, -0.25) is 4.79 Å². The minimum atomic E-state index is -3.70. The molecule has 0 radical (unpaired) electrons. The molecule has 0 saturated carbocycles. The number of carbonyl (C=O) groups excluding carboxylic acids is 1. The van der Waals surface area contributed by atoms with Crippen molar-refractivity contribution in [3.05, 3.63) is 29.8 Å². The summed E-state index contributed by atoms with van der Waals surface area (Å²) in [6.07, 6.45) is 0.685. The Bertz CT molecular complexity index is 543. The molecule has 1 aromatic rings. The molecule has 0 fully saturated rings. The van der Waals surface area contributed by atoms with Crippen LogP contribution in [0.15, 0.2) is 29.2 Å². The van der Waals surface area contributed by atoms with Gasteiger partial charge >= 0.3 is 0 Å². The number of benzene rings is 1. The van der Waals surface area contributed by atoms with Crippen LogP contribution in [0.4, 0.5) is 0 Å². The van der Waals surface area contributed by atoms with E-state index in [4.69, 9.17) is 11.6 Å². The second-order valence-corrected chi connectivity index (χ2v) is 6.41. The molecule has 5 nitrogen and oxygen atoms in total. The van der Waals surface area contributed by atoms with E-state index in [9.17, 15) is 13.2 Å². The van der Waals surface area contributed by atoms with Gasteiger partial charge in [0.25, 0.3) is 0 Å². The Labute approximate surface area is 124 Å². The maximum absolute atomic E-state index is 12.1. The Hall–Kier alpha value is -1.11. The monoisotopic (exact) mass is 318 g/mol. The molecule has 2 N–H and O–H groups in total. The first-order valence-corrected chi connectivity index (χ1v) is 8.37. The Morgan fingerprint density at radius 2 is 1.90 bits per heavy atom. The van der Waals surface area contributed by atoms with Crippen LogP contribution in [0.3, 0.4) is 0 Å². The van der Waals surface area contributed by atoms with E-state index >= 15 is 0 Å². The summed E-state index contributed by atoms with van der Waals surface area (Å²) < 4.78 is 26.5. The zero-order valence-corrected chi connectivity index (χ0v) is 13.1. The number of alkyl halides is 1. The number of halogens is 1. The second kappa shape index (κ2) is 7.61. The first-order chi connectivity index (χ1) is 9.40. The van der Waals surface area contributed by atoms with Gasteiger partial charge in [-0.05, 0) is 38.0 Å². The number of carbonyl (C=O) groups is 1. The van der Waals surface area contributed by atoms with Crippen molar-refractivity contribution in [1.29, 1.82) is 0 Å². The molecular weight excluding hydrogens is 300 g/mol. The van der Waals surface area contributed by atoms with Crippen LogP contribution in [0, 0.1) is 0 Å². The second-order valence-electron chi connectivity index (χ2n) is 4.32. The van der Waals surface area contributed by atoms with E-state index in [1.807, 2.05) is 0 Å². The van der Waals surface area contributed by atoms with Gasteiger partial charge in [-0.25, -0.2) is 8.42 Å². The van der Waals surface area contributed by atoms with E-state index < -0.39 is 16.1 Å². The van der Waals surface area contributed by atoms with Crippen molar-refractivity contribution in [2.24, 2.45) is 0 Å². The zero-order valence-electron chi connectivity index (χ0n) is 11.5. The van der Waals surface area contributed by atoms with Gasteiger partial charge in [-0.2, -0.15) is 4.72 Å². The standard InChI is InChI=1S/C13H19ClN2O3S/c1-3-15-13(17)10(2)16-20(18,19)12-6-4-11(5-7-12)8-9-14/h4-7,10,16H,3,8-9H2,1-2H3,(H,15,17). The average Bonchev–Trinajstić information content (AvgIpc) is 2.39. The molecule has 0 aliphatic carbocycles. The fraction of sp³-hybridized carbons (Fsp3) is 0.462. The number of sulfonamides is 1. The smallest absolute Gasteiger partial charge is 0.241 e. The number of rotatable bonds is 7. The average molecular weight is 319 g/mol. The third-order valence-electron chi connectivity index (χ3n) is 2.69. The molecule has 0 spiro atoms. The highest BCUT2D eigenvalue weighted by atomic mass is 35.5. The van der Waals surface area contributed by atoms with E-state index in [1.165, 1.54) is 19.1 Å². The summed E-state index contributed by atoms with van der Waals surface area (Å²) in [5, 5.41) is 2.56. The summed E-state index contributed by atoms with van der Waals surface area (Å²) in [7, 11) is -3.70. The third-order valence-corrected chi connectivity index (χ3v) is 4.44. The molecule has 1 atom stereocenters.